The molecule has 0 radical (unpaired) electrons. The molecule has 16 heavy (non-hydrogen) atoms. The second-order valence-corrected chi connectivity index (χ2v) is 3.81. The van der Waals surface area contributed by atoms with E-state index in [2.05, 4.69) is 0 Å². The first-order valence-corrected chi connectivity index (χ1v) is 4.96. The Kier molecular flexibility index (Phi) is 2.42. The molecule has 0 bridgehead atoms. The van der Waals surface area contributed by atoms with Crippen molar-refractivity contribution in [1.82, 2.24) is 4.57 Å². The number of aryl methyl sites for hydroxylation is 1. The third kappa shape index (κ3) is 1.38. The zero-order valence-electron chi connectivity index (χ0n) is 9.12. The van der Waals surface area contributed by atoms with Crippen molar-refractivity contribution in [3.63, 3.8) is 0 Å². The Bertz CT molecular complexity index is 572. The Labute approximate surface area is 92.1 Å². The molecule has 1 aromatic heterocycles. The number of halogens is 1. The van der Waals surface area contributed by atoms with Gasteiger partial charge in [0.15, 0.2) is 11.6 Å². The lowest BCUT2D eigenvalue weighted by Crippen LogP contribution is -1.93. The third-order valence-electron chi connectivity index (χ3n) is 2.98. The third-order valence-corrected chi connectivity index (χ3v) is 2.98. The number of aromatic nitrogens is 1. The van der Waals surface area contributed by atoms with Crippen LogP contribution in [0.4, 0.5) is 4.39 Å². The first-order chi connectivity index (χ1) is 7.56. The van der Waals surface area contributed by atoms with Crippen LogP contribution in [0, 0.1) is 12.7 Å². The van der Waals surface area contributed by atoms with Crippen molar-refractivity contribution in [2.24, 2.45) is 7.05 Å². The number of benzene rings is 1. The SMILES string of the molecule is Cc1c(CC=O)c2cc(O)c(F)cc2n1C. The normalized spacial score (nSPS) is 10.9. The molecular weight excluding hydrogens is 209 g/mol. The highest BCUT2D eigenvalue weighted by Gasteiger charge is 2.14. The average molecular weight is 221 g/mol. The predicted octanol–water partition coefficient (Wildman–Crippen LogP) is 2.07. The van der Waals surface area contributed by atoms with Crippen LogP contribution in [-0.2, 0) is 18.3 Å². The summed E-state index contributed by atoms with van der Waals surface area (Å²) in [6.45, 7) is 1.87. The first kappa shape index (κ1) is 10.7. The van der Waals surface area contributed by atoms with Gasteiger partial charge in [-0.2, -0.15) is 0 Å². The summed E-state index contributed by atoms with van der Waals surface area (Å²) in [7, 11) is 1.81. The van der Waals surface area contributed by atoms with Crippen LogP contribution >= 0.6 is 0 Å². The van der Waals surface area contributed by atoms with Gasteiger partial charge in [0.05, 0.1) is 5.52 Å². The van der Waals surface area contributed by atoms with Gasteiger partial charge in [-0.25, -0.2) is 4.39 Å². The van der Waals surface area contributed by atoms with Gasteiger partial charge in [0.1, 0.15) is 6.29 Å². The van der Waals surface area contributed by atoms with Gasteiger partial charge in [0.2, 0.25) is 0 Å². The van der Waals surface area contributed by atoms with E-state index >= 15 is 0 Å². The van der Waals surface area contributed by atoms with Crippen molar-refractivity contribution in [1.29, 1.82) is 0 Å². The zero-order chi connectivity index (χ0) is 11.9. The van der Waals surface area contributed by atoms with Crippen LogP contribution in [-0.4, -0.2) is 16.0 Å². The van der Waals surface area contributed by atoms with E-state index in [9.17, 15) is 14.3 Å². The number of aldehydes is 1. The lowest BCUT2D eigenvalue weighted by Gasteiger charge is -1.99. The summed E-state index contributed by atoms with van der Waals surface area (Å²) in [5, 5.41) is 10.1. The quantitative estimate of drug-likeness (QED) is 0.789. The van der Waals surface area contributed by atoms with Crippen LogP contribution in [0.5, 0.6) is 5.75 Å². The van der Waals surface area contributed by atoms with Crippen LogP contribution in [0.3, 0.4) is 0 Å². The molecule has 0 aliphatic carbocycles. The number of carbonyl (C=O) groups is 1. The molecule has 0 saturated heterocycles. The van der Waals surface area contributed by atoms with Crippen LogP contribution < -0.4 is 0 Å². The van der Waals surface area contributed by atoms with E-state index in [1.807, 2.05) is 18.5 Å². The molecular formula is C12H12FNO2. The van der Waals surface area contributed by atoms with Gasteiger partial charge in [-0.3, -0.25) is 0 Å². The summed E-state index contributed by atoms with van der Waals surface area (Å²) in [6.07, 6.45) is 1.08. The molecule has 0 fully saturated rings. The number of hydrogen-bond donors (Lipinski definition) is 1. The molecule has 1 N–H and O–H groups in total. The minimum Gasteiger partial charge on any atom is -0.505 e. The fourth-order valence-corrected chi connectivity index (χ4v) is 1.99. The van der Waals surface area contributed by atoms with Crippen LogP contribution in [0.15, 0.2) is 12.1 Å². The van der Waals surface area contributed by atoms with Crippen molar-refractivity contribution in [2.75, 3.05) is 0 Å². The van der Waals surface area contributed by atoms with Crippen molar-refractivity contribution in [3.8, 4) is 5.75 Å². The highest BCUT2D eigenvalue weighted by Crippen LogP contribution is 2.30. The second kappa shape index (κ2) is 3.63. The minimum atomic E-state index is -0.647. The number of nitrogens with zero attached hydrogens (tertiary/aromatic N) is 1. The molecule has 0 aliphatic heterocycles. The fraction of sp³-hybridized carbons (Fsp3) is 0.250. The maximum absolute atomic E-state index is 13.2. The van der Waals surface area contributed by atoms with Crippen LogP contribution in [0.1, 0.15) is 11.3 Å². The average Bonchev–Trinajstić information content (AvgIpc) is 2.46. The molecule has 0 saturated carbocycles. The highest BCUT2D eigenvalue weighted by atomic mass is 19.1. The maximum atomic E-state index is 13.2. The second-order valence-electron chi connectivity index (χ2n) is 3.81. The number of fused-ring (bicyclic) bond motifs is 1. The molecule has 1 heterocycles. The Morgan fingerprint density at radius 1 is 1.50 bits per heavy atom. The van der Waals surface area contributed by atoms with E-state index in [0.717, 1.165) is 22.9 Å². The van der Waals surface area contributed by atoms with E-state index in [1.165, 1.54) is 12.1 Å². The maximum Gasteiger partial charge on any atom is 0.166 e. The standard InChI is InChI=1S/C12H12FNO2/c1-7-8(3-4-15)9-5-12(16)10(13)6-11(9)14(7)2/h4-6,16H,3H2,1-2H3. The molecule has 3 nitrogen and oxygen atoms in total. The molecule has 1 aromatic carbocycles. The summed E-state index contributed by atoms with van der Waals surface area (Å²) < 4.78 is 15.0. The lowest BCUT2D eigenvalue weighted by atomic mass is 10.1. The molecule has 0 aliphatic rings. The monoisotopic (exact) mass is 221 g/mol. The van der Waals surface area contributed by atoms with Gasteiger partial charge in [0, 0.05) is 30.6 Å². The molecule has 0 atom stereocenters. The van der Waals surface area contributed by atoms with Gasteiger partial charge in [-0.15, -0.1) is 0 Å². The van der Waals surface area contributed by atoms with Crippen molar-refractivity contribution >= 4 is 17.2 Å². The van der Waals surface area contributed by atoms with Gasteiger partial charge in [-0.05, 0) is 18.6 Å². The molecule has 84 valence electrons. The number of hydrogen-bond acceptors (Lipinski definition) is 2. The Morgan fingerprint density at radius 3 is 2.81 bits per heavy atom. The largest absolute Gasteiger partial charge is 0.505 e. The van der Waals surface area contributed by atoms with Crippen molar-refractivity contribution in [3.05, 3.63) is 29.2 Å². The molecule has 0 spiro atoms. The Morgan fingerprint density at radius 2 is 2.19 bits per heavy atom. The van der Waals surface area contributed by atoms with E-state index < -0.39 is 5.82 Å². The van der Waals surface area contributed by atoms with Gasteiger partial charge >= 0.3 is 0 Å². The first-order valence-electron chi connectivity index (χ1n) is 4.96. The Hall–Kier alpha value is -1.84. The lowest BCUT2D eigenvalue weighted by molar-refractivity contribution is -0.107. The molecule has 0 amide bonds. The van der Waals surface area contributed by atoms with E-state index in [0.29, 0.717) is 5.52 Å². The minimum absolute atomic E-state index is 0.272. The smallest absolute Gasteiger partial charge is 0.166 e. The van der Waals surface area contributed by atoms with E-state index in [1.54, 1.807) is 0 Å². The van der Waals surface area contributed by atoms with E-state index in [4.69, 9.17) is 0 Å². The zero-order valence-corrected chi connectivity index (χ0v) is 9.12. The molecule has 4 heteroatoms. The van der Waals surface area contributed by atoms with E-state index in [-0.39, 0.29) is 12.2 Å². The van der Waals surface area contributed by atoms with Crippen molar-refractivity contribution < 1.29 is 14.3 Å². The number of phenolic OH excluding ortho intramolecular Hbond substituents is 1. The van der Waals surface area contributed by atoms with Gasteiger partial charge in [-0.1, -0.05) is 0 Å². The van der Waals surface area contributed by atoms with Crippen molar-refractivity contribution in [2.45, 2.75) is 13.3 Å². The number of phenols is 1. The number of carbonyl (C=O) groups excluding carboxylic acids is 1. The summed E-state index contributed by atoms with van der Waals surface area (Å²) in [5.41, 5.74) is 2.43. The summed E-state index contributed by atoms with van der Waals surface area (Å²) in [6, 6.07) is 2.66. The van der Waals surface area contributed by atoms with Gasteiger partial charge in [0.25, 0.3) is 0 Å². The summed E-state index contributed by atoms with van der Waals surface area (Å²) in [4.78, 5) is 10.6. The summed E-state index contributed by atoms with van der Waals surface area (Å²) in [5.74, 6) is -1.03. The van der Waals surface area contributed by atoms with Crippen LogP contribution in [0.25, 0.3) is 10.9 Å². The highest BCUT2D eigenvalue weighted by molar-refractivity contribution is 5.88. The fourth-order valence-electron chi connectivity index (χ4n) is 1.99. The number of aromatic hydroxyl groups is 1. The number of rotatable bonds is 2. The predicted molar refractivity (Wildman–Crippen MR) is 59.0 cm³/mol. The molecule has 2 aromatic rings. The van der Waals surface area contributed by atoms with Crippen LogP contribution in [0.2, 0.25) is 0 Å². The molecule has 2 rings (SSSR count). The Balaban J connectivity index is 2.85. The molecule has 0 unspecified atom stereocenters. The topological polar surface area (TPSA) is 42.2 Å². The van der Waals surface area contributed by atoms with Gasteiger partial charge < -0.3 is 14.5 Å². The summed E-state index contributed by atoms with van der Waals surface area (Å²) >= 11 is 0.